The van der Waals surface area contributed by atoms with Crippen molar-refractivity contribution >= 4 is 5.91 Å². The quantitative estimate of drug-likeness (QED) is 0.807. The minimum atomic E-state index is -0.422. The number of likely N-dealkylation sites (tertiary alicyclic amines) is 1. The highest BCUT2D eigenvalue weighted by atomic mass is 19.1. The first-order valence-corrected chi connectivity index (χ1v) is 7.32. The third-order valence-electron chi connectivity index (χ3n) is 3.94. The van der Waals surface area contributed by atoms with Gasteiger partial charge in [0.05, 0.1) is 12.1 Å². The van der Waals surface area contributed by atoms with Gasteiger partial charge >= 0.3 is 0 Å². The monoisotopic (exact) mass is 288 g/mol. The Kier molecular flexibility index (Phi) is 4.98. The molecule has 0 spiro atoms. The van der Waals surface area contributed by atoms with Crippen molar-refractivity contribution in [1.82, 2.24) is 4.90 Å². The summed E-state index contributed by atoms with van der Waals surface area (Å²) >= 11 is 0. The van der Waals surface area contributed by atoms with Gasteiger partial charge in [-0.1, -0.05) is 18.8 Å². The number of carbonyl (C=O) groups excluding carboxylic acids is 1. The number of benzene rings is 1. The maximum Gasteiger partial charge on any atom is 0.255 e. The fourth-order valence-electron chi connectivity index (χ4n) is 2.81. The molecule has 1 heterocycles. The molecule has 21 heavy (non-hydrogen) atoms. The molecule has 0 saturated carbocycles. The van der Waals surface area contributed by atoms with Crippen LogP contribution in [0, 0.1) is 23.6 Å². The number of carbonyl (C=O) groups is 1. The zero-order chi connectivity index (χ0) is 15.4. The molecule has 2 N–H and O–H groups in total. The lowest BCUT2D eigenvalue weighted by atomic mass is 9.92. The van der Waals surface area contributed by atoms with Gasteiger partial charge in [0.2, 0.25) is 0 Å². The third-order valence-corrected chi connectivity index (χ3v) is 3.94. The van der Waals surface area contributed by atoms with Gasteiger partial charge in [-0.15, -0.1) is 0 Å². The number of rotatable bonds is 1. The Morgan fingerprint density at radius 1 is 1.48 bits per heavy atom. The number of piperidine rings is 1. The molecule has 0 aliphatic carbocycles. The van der Waals surface area contributed by atoms with Crippen LogP contribution in [-0.2, 0) is 0 Å². The van der Waals surface area contributed by atoms with Crippen LogP contribution >= 0.6 is 0 Å². The number of hydrogen-bond donors (Lipinski definition) is 1. The van der Waals surface area contributed by atoms with Gasteiger partial charge < -0.3 is 10.6 Å². The Balaban J connectivity index is 2.32. The largest absolute Gasteiger partial charge is 0.336 e. The van der Waals surface area contributed by atoms with Crippen LogP contribution in [0.1, 0.15) is 42.6 Å². The van der Waals surface area contributed by atoms with E-state index in [4.69, 9.17) is 5.73 Å². The minimum absolute atomic E-state index is 0.143. The Labute approximate surface area is 125 Å². The van der Waals surface area contributed by atoms with E-state index in [9.17, 15) is 9.18 Å². The molecule has 1 aromatic rings. The van der Waals surface area contributed by atoms with Gasteiger partial charge in [-0.05, 0) is 43.9 Å². The molecule has 1 fully saturated rings. The topological polar surface area (TPSA) is 46.3 Å². The molecule has 0 aromatic heterocycles. The molecule has 0 radical (unpaired) electrons. The van der Waals surface area contributed by atoms with E-state index in [-0.39, 0.29) is 18.5 Å². The van der Waals surface area contributed by atoms with Gasteiger partial charge in [-0.3, -0.25) is 4.79 Å². The van der Waals surface area contributed by atoms with Crippen molar-refractivity contribution in [3.8, 4) is 11.8 Å². The van der Waals surface area contributed by atoms with Crippen LogP contribution in [0.4, 0.5) is 4.39 Å². The Bertz CT molecular complexity index is 588. The van der Waals surface area contributed by atoms with E-state index < -0.39 is 5.82 Å². The van der Waals surface area contributed by atoms with Gasteiger partial charge in [0.15, 0.2) is 0 Å². The van der Waals surface area contributed by atoms with Crippen molar-refractivity contribution in [2.24, 2.45) is 11.7 Å². The van der Waals surface area contributed by atoms with Crippen LogP contribution in [0.25, 0.3) is 0 Å². The van der Waals surface area contributed by atoms with E-state index in [2.05, 4.69) is 18.8 Å². The van der Waals surface area contributed by atoms with Crippen molar-refractivity contribution in [3.63, 3.8) is 0 Å². The van der Waals surface area contributed by atoms with Crippen molar-refractivity contribution in [3.05, 3.63) is 35.1 Å². The first kappa shape index (κ1) is 15.5. The van der Waals surface area contributed by atoms with Crippen LogP contribution in [0.2, 0.25) is 0 Å². The van der Waals surface area contributed by atoms with Crippen LogP contribution in [0.15, 0.2) is 18.2 Å². The molecule has 2 atom stereocenters. The average Bonchev–Trinajstić information content (AvgIpc) is 2.45. The van der Waals surface area contributed by atoms with Crippen molar-refractivity contribution in [2.75, 3.05) is 13.1 Å². The van der Waals surface area contributed by atoms with Crippen LogP contribution < -0.4 is 5.73 Å². The van der Waals surface area contributed by atoms with E-state index in [1.54, 1.807) is 6.07 Å². The summed E-state index contributed by atoms with van der Waals surface area (Å²) in [6.07, 6.45) is 1.96. The van der Waals surface area contributed by atoms with Gasteiger partial charge in [0, 0.05) is 18.2 Å². The van der Waals surface area contributed by atoms with Gasteiger partial charge in [-0.25, -0.2) is 4.39 Å². The Morgan fingerprint density at radius 3 is 2.90 bits per heavy atom. The van der Waals surface area contributed by atoms with E-state index >= 15 is 0 Å². The number of halogens is 1. The Morgan fingerprint density at radius 2 is 2.24 bits per heavy atom. The smallest absolute Gasteiger partial charge is 0.255 e. The third kappa shape index (κ3) is 3.62. The molecule has 1 aromatic carbocycles. The number of hydrogen-bond acceptors (Lipinski definition) is 2. The zero-order valence-electron chi connectivity index (χ0n) is 12.5. The maximum absolute atomic E-state index is 13.5. The summed E-state index contributed by atoms with van der Waals surface area (Å²) in [5, 5.41) is 0. The highest BCUT2D eigenvalue weighted by molar-refractivity contribution is 5.97. The molecule has 1 aliphatic rings. The zero-order valence-corrected chi connectivity index (χ0v) is 12.5. The first-order valence-electron chi connectivity index (χ1n) is 7.32. The van der Waals surface area contributed by atoms with E-state index in [1.807, 2.05) is 11.8 Å². The lowest BCUT2D eigenvalue weighted by Gasteiger charge is -2.36. The molecule has 3 nitrogen and oxygen atoms in total. The standard InChI is InChI=1S/C17H21FN2O/c1-12-7-9-20(13(2)10-12)17(21)16-11-15(18)6-5-14(16)4-3-8-19/h5-6,11-13H,7-10,19H2,1-2H3. The van der Waals surface area contributed by atoms with Crippen LogP contribution in [-0.4, -0.2) is 29.9 Å². The molecule has 2 rings (SSSR count). The predicted octanol–water partition coefficient (Wildman–Crippen LogP) is 2.40. The molecule has 1 saturated heterocycles. The summed E-state index contributed by atoms with van der Waals surface area (Å²) in [5.74, 6) is 5.63. The highest BCUT2D eigenvalue weighted by Gasteiger charge is 2.28. The second-order valence-electron chi connectivity index (χ2n) is 5.67. The van der Waals surface area contributed by atoms with E-state index in [0.29, 0.717) is 23.6 Å². The molecule has 2 unspecified atom stereocenters. The fraction of sp³-hybridized carbons (Fsp3) is 0.471. The lowest BCUT2D eigenvalue weighted by molar-refractivity contribution is 0.0588. The van der Waals surface area contributed by atoms with Crippen molar-refractivity contribution in [1.29, 1.82) is 0 Å². The average molecular weight is 288 g/mol. The summed E-state index contributed by atoms with van der Waals surface area (Å²) in [4.78, 5) is 14.5. The highest BCUT2D eigenvalue weighted by Crippen LogP contribution is 2.25. The summed E-state index contributed by atoms with van der Waals surface area (Å²) in [6, 6.07) is 4.30. The molecular weight excluding hydrogens is 267 g/mol. The van der Waals surface area contributed by atoms with Crippen molar-refractivity contribution in [2.45, 2.75) is 32.7 Å². The molecular formula is C17H21FN2O. The van der Waals surface area contributed by atoms with Gasteiger partial charge in [-0.2, -0.15) is 0 Å². The maximum atomic E-state index is 13.5. The number of nitrogens with two attached hydrogens (primary N) is 1. The minimum Gasteiger partial charge on any atom is -0.336 e. The molecule has 1 amide bonds. The Hall–Kier alpha value is -1.86. The summed E-state index contributed by atoms with van der Waals surface area (Å²) in [6.45, 7) is 5.15. The second kappa shape index (κ2) is 6.73. The molecule has 1 aliphatic heterocycles. The first-order chi connectivity index (χ1) is 10.0. The summed E-state index contributed by atoms with van der Waals surface area (Å²) < 4.78 is 13.5. The van der Waals surface area contributed by atoms with Crippen LogP contribution in [0.5, 0.6) is 0 Å². The van der Waals surface area contributed by atoms with Crippen molar-refractivity contribution < 1.29 is 9.18 Å². The lowest BCUT2D eigenvalue weighted by Crippen LogP contribution is -2.44. The fourth-order valence-corrected chi connectivity index (χ4v) is 2.81. The normalized spacial score (nSPS) is 21.6. The predicted molar refractivity (Wildman–Crippen MR) is 81.2 cm³/mol. The van der Waals surface area contributed by atoms with E-state index in [0.717, 1.165) is 12.8 Å². The molecule has 0 bridgehead atoms. The SMILES string of the molecule is CC1CCN(C(=O)c2cc(F)ccc2C#CCN)C(C)C1. The second-order valence-corrected chi connectivity index (χ2v) is 5.67. The summed E-state index contributed by atoms with van der Waals surface area (Å²) in [7, 11) is 0. The van der Waals surface area contributed by atoms with E-state index in [1.165, 1.54) is 12.1 Å². The molecule has 112 valence electrons. The van der Waals surface area contributed by atoms with Gasteiger partial charge in [0.1, 0.15) is 5.82 Å². The molecule has 4 heteroatoms. The number of nitrogens with zero attached hydrogens (tertiary/aromatic N) is 1. The number of amides is 1. The summed E-state index contributed by atoms with van der Waals surface area (Å²) in [5.41, 5.74) is 6.24. The van der Waals surface area contributed by atoms with Crippen LogP contribution in [0.3, 0.4) is 0 Å². The van der Waals surface area contributed by atoms with Gasteiger partial charge in [0.25, 0.3) is 5.91 Å².